The third kappa shape index (κ3) is 4.61. The van der Waals surface area contributed by atoms with Crippen LogP contribution in [-0.4, -0.2) is 42.0 Å². The first kappa shape index (κ1) is 23.3. The minimum atomic E-state index is -0.804. The van der Waals surface area contributed by atoms with Crippen molar-refractivity contribution in [2.24, 2.45) is 0 Å². The molecule has 0 spiro atoms. The Balaban J connectivity index is 2.14. The van der Waals surface area contributed by atoms with Gasteiger partial charge in [0, 0.05) is 6.54 Å². The van der Waals surface area contributed by atoms with Crippen LogP contribution in [0.4, 0.5) is 4.39 Å². The van der Waals surface area contributed by atoms with E-state index >= 15 is 0 Å². The minimum absolute atomic E-state index is 0.0221. The van der Waals surface area contributed by atoms with Crippen molar-refractivity contribution in [3.63, 3.8) is 0 Å². The predicted octanol–water partition coefficient (Wildman–Crippen LogP) is 4.84. The Kier molecular flexibility index (Phi) is 7.51. The number of nitrogens with zero attached hydrogens (tertiary/aromatic N) is 1. The van der Waals surface area contributed by atoms with Crippen LogP contribution in [0.25, 0.3) is 5.76 Å². The van der Waals surface area contributed by atoms with Crippen molar-refractivity contribution in [1.29, 1.82) is 0 Å². The Morgan fingerprint density at radius 2 is 1.81 bits per heavy atom. The van der Waals surface area contributed by atoms with E-state index in [-0.39, 0.29) is 16.9 Å². The van der Waals surface area contributed by atoms with Crippen molar-refractivity contribution in [2.45, 2.75) is 39.2 Å². The van der Waals surface area contributed by atoms with Crippen LogP contribution in [0, 0.1) is 5.82 Å². The molecule has 1 amide bonds. The zero-order valence-corrected chi connectivity index (χ0v) is 18.6. The molecule has 1 unspecified atom stereocenters. The summed E-state index contributed by atoms with van der Waals surface area (Å²) in [6.45, 7) is 4.93. The zero-order valence-electron chi connectivity index (χ0n) is 18.6. The number of hydrogen-bond acceptors (Lipinski definition) is 5. The fraction of sp³-hybridized carbons (Fsp3) is 0.360. The second-order valence-corrected chi connectivity index (χ2v) is 7.61. The van der Waals surface area contributed by atoms with Gasteiger partial charge in [-0.3, -0.25) is 9.59 Å². The summed E-state index contributed by atoms with van der Waals surface area (Å²) in [4.78, 5) is 27.3. The third-order valence-electron chi connectivity index (χ3n) is 5.38. The number of ketones is 1. The lowest BCUT2D eigenvalue weighted by molar-refractivity contribution is -0.139. The molecule has 0 bridgehead atoms. The molecule has 2 aromatic carbocycles. The number of Topliss-reactive ketones (excluding diaryl/α,β-unsaturated/α-hetero) is 1. The van der Waals surface area contributed by atoms with Gasteiger partial charge in [0.05, 0.1) is 30.9 Å². The van der Waals surface area contributed by atoms with E-state index in [4.69, 9.17) is 9.47 Å². The monoisotopic (exact) mass is 441 g/mol. The van der Waals surface area contributed by atoms with Gasteiger partial charge in [0.25, 0.3) is 11.7 Å². The number of benzene rings is 2. The lowest BCUT2D eigenvalue weighted by Crippen LogP contribution is -2.30. The van der Waals surface area contributed by atoms with Gasteiger partial charge in [-0.2, -0.15) is 0 Å². The maximum atomic E-state index is 13.9. The Labute approximate surface area is 187 Å². The number of amides is 1. The van der Waals surface area contributed by atoms with Gasteiger partial charge in [0.15, 0.2) is 0 Å². The molecule has 2 aromatic rings. The van der Waals surface area contributed by atoms with Crippen molar-refractivity contribution in [2.75, 3.05) is 20.3 Å². The van der Waals surface area contributed by atoms with Gasteiger partial charge in [-0.1, -0.05) is 32.4 Å². The van der Waals surface area contributed by atoms with Crippen molar-refractivity contribution in [3.05, 3.63) is 65.0 Å². The molecule has 0 aliphatic carbocycles. The van der Waals surface area contributed by atoms with E-state index in [1.807, 2.05) is 13.8 Å². The van der Waals surface area contributed by atoms with Crippen LogP contribution in [0.1, 0.15) is 50.3 Å². The maximum Gasteiger partial charge on any atom is 0.295 e. The molecule has 0 saturated carbocycles. The Hall–Kier alpha value is -3.35. The van der Waals surface area contributed by atoms with E-state index < -0.39 is 29.3 Å². The minimum Gasteiger partial charge on any atom is -0.507 e. The quantitative estimate of drug-likeness (QED) is 0.342. The van der Waals surface area contributed by atoms with E-state index in [9.17, 15) is 19.1 Å². The SMILES string of the molecule is CCCCN1C(=O)C(=O)/C(=C(/O)c2cc(F)ccc2OC)C1c1ccc(OCCC)cc1. The molecule has 170 valence electrons. The van der Waals surface area contributed by atoms with Crippen molar-refractivity contribution >= 4 is 17.4 Å². The normalized spacial score (nSPS) is 17.6. The van der Waals surface area contributed by atoms with Crippen LogP contribution in [0.2, 0.25) is 0 Å². The third-order valence-corrected chi connectivity index (χ3v) is 5.38. The number of rotatable bonds is 9. The summed E-state index contributed by atoms with van der Waals surface area (Å²) in [7, 11) is 1.39. The van der Waals surface area contributed by atoms with Crippen LogP contribution >= 0.6 is 0 Å². The van der Waals surface area contributed by atoms with Gasteiger partial charge in [-0.15, -0.1) is 0 Å². The fourth-order valence-corrected chi connectivity index (χ4v) is 3.76. The lowest BCUT2D eigenvalue weighted by atomic mass is 9.94. The topological polar surface area (TPSA) is 76.1 Å². The highest BCUT2D eigenvalue weighted by Crippen LogP contribution is 2.41. The van der Waals surface area contributed by atoms with E-state index in [1.54, 1.807) is 24.3 Å². The summed E-state index contributed by atoms with van der Waals surface area (Å²) in [5, 5.41) is 11.1. The van der Waals surface area contributed by atoms with Crippen molar-refractivity contribution in [3.8, 4) is 11.5 Å². The molecule has 1 saturated heterocycles. The van der Waals surface area contributed by atoms with Crippen LogP contribution in [0.15, 0.2) is 48.0 Å². The molecule has 1 fully saturated rings. The standard InChI is InChI=1S/C25H28FNO5/c1-4-6-13-27-22(16-7-10-18(11-8-16)32-14-5-2)21(24(29)25(27)30)23(28)19-15-17(26)9-12-20(19)31-3/h7-12,15,22,28H,4-6,13-14H2,1-3H3/b23-21+. The highest BCUT2D eigenvalue weighted by atomic mass is 19.1. The second kappa shape index (κ2) is 10.3. The summed E-state index contributed by atoms with van der Waals surface area (Å²) >= 11 is 0. The van der Waals surface area contributed by atoms with Crippen LogP contribution in [0.3, 0.4) is 0 Å². The van der Waals surface area contributed by atoms with Crippen LogP contribution in [-0.2, 0) is 9.59 Å². The summed E-state index contributed by atoms with van der Waals surface area (Å²) in [5.41, 5.74) is 0.590. The molecule has 6 nitrogen and oxygen atoms in total. The zero-order chi connectivity index (χ0) is 23.3. The number of carbonyl (C=O) groups is 2. The highest BCUT2D eigenvalue weighted by molar-refractivity contribution is 6.46. The maximum absolute atomic E-state index is 13.9. The van der Waals surface area contributed by atoms with Gasteiger partial charge in [-0.25, -0.2) is 4.39 Å². The average molecular weight is 441 g/mol. The number of halogens is 1. The Morgan fingerprint density at radius 3 is 2.44 bits per heavy atom. The number of aliphatic hydroxyl groups excluding tert-OH is 1. The Bertz CT molecular complexity index is 1020. The van der Waals surface area contributed by atoms with E-state index in [2.05, 4.69) is 0 Å². The Morgan fingerprint density at radius 1 is 1.09 bits per heavy atom. The average Bonchev–Trinajstić information content (AvgIpc) is 3.06. The molecule has 1 heterocycles. The second-order valence-electron chi connectivity index (χ2n) is 7.61. The number of hydrogen-bond donors (Lipinski definition) is 1. The van der Waals surface area contributed by atoms with E-state index in [0.29, 0.717) is 30.9 Å². The molecular formula is C25H28FNO5. The number of unbranched alkanes of at least 4 members (excludes halogenated alkanes) is 1. The van der Waals surface area contributed by atoms with Gasteiger partial charge < -0.3 is 19.5 Å². The van der Waals surface area contributed by atoms with E-state index in [1.165, 1.54) is 24.1 Å². The molecule has 0 aromatic heterocycles. The van der Waals surface area contributed by atoms with Crippen molar-refractivity contribution < 1.29 is 28.6 Å². The number of ether oxygens (including phenoxy) is 2. The number of methoxy groups -OCH3 is 1. The molecule has 1 aliphatic rings. The largest absolute Gasteiger partial charge is 0.507 e. The summed E-state index contributed by atoms with van der Waals surface area (Å²) in [6.07, 6.45) is 2.40. The molecule has 3 rings (SSSR count). The lowest BCUT2D eigenvalue weighted by Gasteiger charge is -2.25. The first-order valence-electron chi connectivity index (χ1n) is 10.8. The molecule has 0 radical (unpaired) electrons. The molecule has 7 heteroatoms. The van der Waals surface area contributed by atoms with Crippen LogP contribution < -0.4 is 9.47 Å². The molecule has 1 N–H and O–H groups in total. The highest BCUT2D eigenvalue weighted by Gasteiger charge is 2.46. The molecule has 1 aliphatic heterocycles. The first-order valence-corrected chi connectivity index (χ1v) is 10.8. The van der Waals surface area contributed by atoms with Crippen molar-refractivity contribution in [1.82, 2.24) is 4.90 Å². The number of aliphatic hydroxyl groups is 1. The van der Waals surface area contributed by atoms with Gasteiger partial charge in [0.2, 0.25) is 0 Å². The molecule has 1 atom stereocenters. The smallest absolute Gasteiger partial charge is 0.295 e. The fourth-order valence-electron chi connectivity index (χ4n) is 3.76. The number of carbonyl (C=O) groups excluding carboxylic acids is 2. The number of likely N-dealkylation sites (tertiary alicyclic amines) is 1. The molecule has 32 heavy (non-hydrogen) atoms. The summed E-state index contributed by atoms with van der Waals surface area (Å²) in [5.74, 6) is -1.68. The van der Waals surface area contributed by atoms with Crippen LogP contribution in [0.5, 0.6) is 11.5 Å². The van der Waals surface area contributed by atoms with E-state index in [0.717, 1.165) is 18.9 Å². The first-order chi connectivity index (χ1) is 15.4. The summed E-state index contributed by atoms with van der Waals surface area (Å²) < 4.78 is 24.8. The summed E-state index contributed by atoms with van der Waals surface area (Å²) in [6, 6.07) is 9.95. The molecular weight excluding hydrogens is 413 g/mol. The van der Waals surface area contributed by atoms with Gasteiger partial charge in [0.1, 0.15) is 23.1 Å². The van der Waals surface area contributed by atoms with Gasteiger partial charge >= 0.3 is 0 Å². The van der Waals surface area contributed by atoms with Gasteiger partial charge in [-0.05, 0) is 48.7 Å². The predicted molar refractivity (Wildman–Crippen MR) is 119 cm³/mol.